The molecule has 4 aliphatic heterocycles. The number of carboxylic acids is 1. The number of rotatable bonds is 6. The van der Waals surface area contributed by atoms with Gasteiger partial charge in [-0.3, -0.25) is 4.79 Å². The molecule has 6 aromatic rings. The maximum atomic E-state index is 13.1. The van der Waals surface area contributed by atoms with E-state index >= 15 is 0 Å². The molecule has 0 saturated carbocycles. The highest BCUT2D eigenvalue weighted by atomic mass is 35.5. The number of fused-ring (bicyclic) bond motifs is 2. The van der Waals surface area contributed by atoms with Gasteiger partial charge in [0.15, 0.2) is 5.69 Å². The Hall–Kier alpha value is -6.33. The van der Waals surface area contributed by atoms with Crippen LogP contribution in [0.15, 0.2) is 122 Å². The minimum Gasteiger partial charge on any atom is -0.476 e. The molecule has 2 fully saturated rings. The SMILES string of the molecule is Cl.FC(F)(F)c1cccc(N2CCNCC2)c1.O=C(O)c1cn2c(n1)CCC(c1ccccc1)C2.O=C(c1cn2c(n1)CCC(c1ccccc1)C2)N1CCN(c2cccc(C(F)(F)F)c2)CC1. The third-order valence-electron chi connectivity index (χ3n) is 12.7. The number of piperazine rings is 2. The highest BCUT2D eigenvalue weighted by Gasteiger charge is 2.33. The molecule has 0 radical (unpaired) electrons. The molecule has 10 rings (SSSR count). The normalized spacial score (nSPS) is 18.1. The van der Waals surface area contributed by atoms with Crippen LogP contribution in [0.25, 0.3) is 0 Å². The number of anilines is 2. The predicted octanol–water partition coefficient (Wildman–Crippen LogP) is 9.44. The molecule has 11 nitrogen and oxygen atoms in total. The van der Waals surface area contributed by atoms with Crippen molar-refractivity contribution in [3.8, 4) is 0 Å². The van der Waals surface area contributed by atoms with Gasteiger partial charge in [0, 0.05) is 114 Å². The van der Waals surface area contributed by atoms with Crippen molar-refractivity contribution in [1.29, 1.82) is 0 Å². The maximum absolute atomic E-state index is 13.1. The zero-order valence-electron chi connectivity index (χ0n) is 37.2. The summed E-state index contributed by atoms with van der Waals surface area (Å²) in [6, 6.07) is 31.6. The smallest absolute Gasteiger partial charge is 0.416 e. The largest absolute Gasteiger partial charge is 0.476 e. The number of imidazole rings is 2. The zero-order chi connectivity index (χ0) is 47.1. The monoisotopic (exact) mass is 962 g/mol. The van der Waals surface area contributed by atoms with Crippen molar-refractivity contribution in [2.75, 3.05) is 62.2 Å². The van der Waals surface area contributed by atoms with E-state index in [1.54, 1.807) is 23.2 Å². The van der Waals surface area contributed by atoms with Gasteiger partial charge in [0.1, 0.15) is 17.3 Å². The summed E-state index contributed by atoms with van der Waals surface area (Å²) in [7, 11) is 0. The number of alkyl halides is 6. The molecule has 2 N–H and O–H groups in total. The summed E-state index contributed by atoms with van der Waals surface area (Å²) in [5.74, 6) is 1.62. The van der Waals surface area contributed by atoms with Gasteiger partial charge in [0.25, 0.3) is 5.91 Å². The number of carboxylic acid groups (broad SMARTS) is 1. The molecule has 6 heterocycles. The van der Waals surface area contributed by atoms with Crippen LogP contribution in [0.3, 0.4) is 0 Å². The molecule has 2 unspecified atom stereocenters. The van der Waals surface area contributed by atoms with Gasteiger partial charge in [-0.15, -0.1) is 12.4 Å². The Morgan fingerprint density at radius 3 is 1.47 bits per heavy atom. The third kappa shape index (κ3) is 12.2. The lowest BCUT2D eigenvalue weighted by Crippen LogP contribution is -2.49. The van der Waals surface area contributed by atoms with Crippen LogP contribution in [-0.4, -0.2) is 93.3 Å². The van der Waals surface area contributed by atoms with Gasteiger partial charge in [-0.2, -0.15) is 26.3 Å². The van der Waals surface area contributed by atoms with E-state index < -0.39 is 29.4 Å². The third-order valence-corrected chi connectivity index (χ3v) is 12.7. The minimum atomic E-state index is -4.37. The minimum absolute atomic E-state index is 0. The number of halogens is 7. The van der Waals surface area contributed by atoms with Crippen molar-refractivity contribution < 1.29 is 41.0 Å². The molecular formula is C50H53ClF6N8O3. The second kappa shape index (κ2) is 21.7. The van der Waals surface area contributed by atoms with Crippen LogP contribution in [0.5, 0.6) is 0 Å². The Morgan fingerprint density at radius 2 is 1.01 bits per heavy atom. The van der Waals surface area contributed by atoms with E-state index in [2.05, 4.69) is 44.1 Å². The second-order valence-corrected chi connectivity index (χ2v) is 17.1. The lowest BCUT2D eigenvalue weighted by Gasteiger charge is -2.36. The number of aromatic carboxylic acids is 1. The molecule has 4 aliphatic rings. The standard InChI is InChI=1S/C25H25F3N4O.C14H14N2O2.C11H13F3N2.ClH/c26-25(27,28)20-7-4-8-21(15-20)30-11-13-31(14-12-30)24(33)22-17-32-16-19(9-10-23(32)29-22)18-5-2-1-3-6-18;17-14(18)12-9-16-8-11(6-7-13(16)15-12)10-4-2-1-3-5-10;12-11(13,14)9-2-1-3-10(8-9)16-6-4-15-5-7-16;/h1-8,15,17,19H,9-14,16H2;1-5,9,11H,6-8H2,(H,17,18);1-3,8,15H,4-7H2;1H. The van der Waals surface area contributed by atoms with Gasteiger partial charge in [0.05, 0.1) is 11.1 Å². The number of benzene rings is 4. The van der Waals surface area contributed by atoms with Crippen LogP contribution < -0.4 is 15.1 Å². The predicted molar refractivity (Wildman–Crippen MR) is 250 cm³/mol. The Morgan fingerprint density at radius 1 is 0.574 bits per heavy atom. The fourth-order valence-corrected chi connectivity index (χ4v) is 9.10. The van der Waals surface area contributed by atoms with Crippen LogP contribution in [0.1, 0.15) is 79.6 Å². The van der Waals surface area contributed by atoms with Crippen molar-refractivity contribution in [2.45, 2.75) is 63.0 Å². The van der Waals surface area contributed by atoms with E-state index in [0.717, 1.165) is 88.7 Å². The molecule has 2 aromatic heterocycles. The van der Waals surface area contributed by atoms with E-state index in [-0.39, 0.29) is 24.0 Å². The summed E-state index contributed by atoms with van der Waals surface area (Å²) in [6.07, 6.45) is -1.43. The maximum Gasteiger partial charge on any atom is 0.416 e. The molecule has 2 saturated heterocycles. The summed E-state index contributed by atoms with van der Waals surface area (Å²) in [6.45, 7) is 6.62. The summed E-state index contributed by atoms with van der Waals surface area (Å²) >= 11 is 0. The Kier molecular flexibility index (Phi) is 15.9. The average molecular weight is 963 g/mol. The first-order chi connectivity index (χ1) is 32.2. The molecule has 2 atom stereocenters. The fourth-order valence-electron chi connectivity index (χ4n) is 9.10. The summed E-state index contributed by atoms with van der Waals surface area (Å²) in [4.78, 5) is 38.3. The van der Waals surface area contributed by atoms with E-state index in [1.807, 2.05) is 57.0 Å². The molecule has 360 valence electrons. The van der Waals surface area contributed by atoms with Crippen LogP contribution in [0, 0.1) is 0 Å². The number of hydrogen-bond donors (Lipinski definition) is 2. The topological polar surface area (TPSA) is 112 Å². The summed E-state index contributed by atoms with van der Waals surface area (Å²) in [5, 5.41) is 12.1. The summed E-state index contributed by atoms with van der Waals surface area (Å²) in [5.41, 5.74) is 3.16. The number of nitrogens with one attached hydrogen (secondary N) is 1. The average Bonchev–Trinajstić information content (AvgIpc) is 4.00. The highest BCUT2D eigenvalue weighted by Crippen LogP contribution is 2.34. The molecule has 0 bridgehead atoms. The quantitative estimate of drug-likeness (QED) is 0.159. The Bertz CT molecular complexity index is 2610. The van der Waals surface area contributed by atoms with E-state index in [0.29, 0.717) is 55.1 Å². The van der Waals surface area contributed by atoms with Gasteiger partial charge in [-0.25, -0.2) is 14.8 Å². The summed E-state index contributed by atoms with van der Waals surface area (Å²) < 4.78 is 80.7. The van der Waals surface area contributed by atoms with Gasteiger partial charge in [0.2, 0.25) is 0 Å². The molecular weight excluding hydrogens is 910 g/mol. The first-order valence-corrected chi connectivity index (χ1v) is 22.5. The van der Waals surface area contributed by atoms with Crippen molar-refractivity contribution >= 4 is 35.7 Å². The number of aromatic nitrogens is 4. The molecule has 18 heteroatoms. The number of hydrogen-bond acceptors (Lipinski definition) is 7. The first-order valence-electron chi connectivity index (χ1n) is 22.5. The molecule has 68 heavy (non-hydrogen) atoms. The number of nitrogens with zero attached hydrogens (tertiary/aromatic N) is 7. The number of carbonyl (C=O) groups is 2. The lowest BCUT2D eigenvalue weighted by atomic mass is 9.92. The van der Waals surface area contributed by atoms with Gasteiger partial charge in [-0.1, -0.05) is 72.8 Å². The number of carbonyl (C=O) groups excluding carboxylic acids is 1. The second-order valence-electron chi connectivity index (χ2n) is 17.1. The van der Waals surface area contributed by atoms with Crippen molar-refractivity contribution in [1.82, 2.24) is 29.3 Å². The van der Waals surface area contributed by atoms with E-state index in [1.165, 1.54) is 35.4 Å². The Balaban J connectivity index is 0.000000165. The fraction of sp³-hybridized carbons (Fsp3) is 0.360. The van der Waals surface area contributed by atoms with Gasteiger partial charge < -0.3 is 34.3 Å². The van der Waals surface area contributed by atoms with E-state index in [4.69, 9.17) is 5.11 Å². The van der Waals surface area contributed by atoms with Gasteiger partial charge in [-0.05, 0) is 60.4 Å². The van der Waals surface area contributed by atoms with Gasteiger partial charge >= 0.3 is 18.3 Å². The van der Waals surface area contributed by atoms with E-state index in [9.17, 15) is 35.9 Å². The van der Waals surface area contributed by atoms with Crippen molar-refractivity contribution in [3.05, 3.63) is 167 Å². The first kappa shape index (κ1) is 49.6. The molecule has 1 amide bonds. The Labute approximate surface area is 396 Å². The zero-order valence-corrected chi connectivity index (χ0v) is 38.0. The molecule has 0 spiro atoms. The van der Waals surface area contributed by atoms with Crippen LogP contribution in [-0.2, 0) is 38.3 Å². The van der Waals surface area contributed by atoms with Crippen LogP contribution >= 0.6 is 12.4 Å². The highest BCUT2D eigenvalue weighted by molar-refractivity contribution is 5.92. The van der Waals surface area contributed by atoms with Crippen molar-refractivity contribution in [3.63, 3.8) is 0 Å². The molecule has 0 aliphatic carbocycles. The number of aryl methyl sites for hydroxylation is 2. The lowest BCUT2D eigenvalue weighted by molar-refractivity contribution is -0.138. The van der Waals surface area contributed by atoms with Crippen molar-refractivity contribution in [2.24, 2.45) is 0 Å². The number of amides is 1. The van der Waals surface area contributed by atoms with Crippen LogP contribution in [0.4, 0.5) is 37.7 Å². The van der Waals surface area contributed by atoms with Crippen LogP contribution in [0.2, 0.25) is 0 Å². The molecule has 4 aromatic carbocycles.